The molecule has 3 aromatic rings. The van der Waals surface area contributed by atoms with Crippen LogP contribution >= 0.6 is 0 Å². The minimum Gasteiger partial charge on any atom is -0.337 e. The average molecular weight is 434 g/mol. The lowest BCUT2D eigenvalue weighted by atomic mass is 10.0. The van der Waals surface area contributed by atoms with E-state index in [1.807, 2.05) is 36.4 Å². The molecule has 2 N–H and O–H groups in total. The maximum atomic E-state index is 13.1. The Hall–Kier alpha value is -3.25. The highest BCUT2D eigenvalue weighted by molar-refractivity contribution is 5.94. The van der Waals surface area contributed by atoms with E-state index >= 15 is 0 Å². The summed E-state index contributed by atoms with van der Waals surface area (Å²) in [6.07, 6.45) is 5.67. The van der Waals surface area contributed by atoms with Gasteiger partial charge in [0.05, 0.1) is 0 Å². The molecule has 1 fully saturated rings. The van der Waals surface area contributed by atoms with Gasteiger partial charge in [-0.05, 0) is 66.6 Å². The second kappa shape index (κ2) is 9.92. The first-order valence-corrected chi connectivity index (χ1v) is 11.0. The van der Waals surface area contributed by atoms with Crippen molar-refractivity contribution in [3.8, 4) is 0 Å². The fourth-order valence-corrected chi connectivity index (χ4v) is 4.30. The molecule has 0 unspecified atom stereocenters. The molecule has 1 saturated heterocycles. The van der Waals surface area contributed by atoms with Crippen LogP contribution in [0, 0.1) is 5.82 Å². The molecule has 1 aliphatic rings. The molecule has 0 radical (unpaired) electrons. The highest BCUT2D eigenvalue weighted by atomic mass is 19.1. The smallest absolute Gasteiger partial charge is 0.253 e. The molecule has 2 atom stereocenters. The van der Waals surface area contributed by atoms with E-state index in [1.165, 1.54) is 23.8 Å². The summed E-state index contributed by atoms with van der Waals surface area (Å²) in [4.78, 5) is 28.2. The zero-order valence-electron chi connectivity index (χ0n) is 18.2. The number of amides is 1. The summed E-state index contributed by atoms with van der Waals surface area (Å²) in [5.74, 6) is -0.253. The molecule has 0 bridgehead atoms. The molecule has 0 spiro atoms. The average Bonchev–Trinajstić information content (AvgIpc) is 3.23. The van der Waals surface area contributed by atoms with Gasteiger partial charge in [0.1, 0.15) is 5.82 Å². The lowest BCUT2D eigenvalue weighted by Crippen LogP contribution is -2.32. The van der Waals surface area contributed by atoms with Gasteiger partial charge in [-0.2, -0.15) is 0 Å². The fraction of sp³-hybridized carbons (Fsp3) is 0.308. The van der Waals surface area contributed by atoms with Gasteiger partial charge in [0, 0.05) is 43.5 Å². The quantitative estimate of drug-likeness (QED) is 0.597. The first kappa shape index (κ1) is 22.0. The molecule has 4 rings (SSSR count). The van der Waals surface area contributed by atoms with Crippen molar-refractivity contribution >= 4 is 5.91 Å². The minimum atomic E-state index is -0.199. The van der Waals surface area contributed by atoms with Crippen molar-refractivity contribution in [2.75, 3.05) is 7.05 Å². The van der Waals surface area contributed by atoms with Gasteiger partial charge >= 0.3 is 0 Å². The Morgan fingerprint density at radius 1 is 0.906 bits per heavy atom. The van der Waals surface area contributed by atoms with Gasteiger partial charge in [-0.1, -0.05) is 30.3 Å². The third-order valence-electron chi connectivity index (χ3n) is 6.03. The van der Waals surface area contributed by atoms with E-state index in [0.717, 1.165) is 36.8 Å². The predicted molar refractivity (Wildman–Crippen MR) is 123 cm³/mol. The summed E-state index contributed by atoms with van der Waals surface area (Å²) in [5.41, 5.74) is 3.72. The van der Waals surface area contributed by atoms with Crippen LogP contribution < -0.4 is 10.9 Å². The van der Waals surface area contributed by atoms with Crippen molar-refractivity contribution < 1.29 is 9.18 Å². The number of H-pyrrole nitrogens is 1. The molecule has 1 aliphatic heterocycles. The standard InChI is InChI=1S/C26H28FN3O2/c1-30(17-20-6-13-25(31)28-16-20)26(32)21-7-2-18(3-8-21)14-23-11-12-24(29-23)15-19-4-9-22(27)10-5-19/h2-10,13,16,23-24,29H,11-12,14-15,17H2,1H3,(H,28,31)/t23-,24+/m0/s1. The van der Waals surface area contributed by atoms with E-state index < -0.39 is 0 Å². The van der Waals surface area contributed by atoms with E-state index in [0.29, 0.717) is 24.2 Å². The summed E-state index contributed by atoms with van der Waals surface area (Å²) in [7, 11) is 1.76. The highest BCUT2D eigenvalue weighted by Crippen LogP contribution is 2.20. The topological polar surface area (TPSA) is 65.2 Å². The highest BCUT2D eigenvalue weighted by Gasteiger charge is 2.24. The SMILES string of the molecule is CN(Cc1ccc(=O)[nH]c1)C(=O)c1ccc(C[C@@H]2CC[C@H](Cc3ccc(F)cc3)N2)cc1. The molecule has 2 heterocycles. The van der Waals surface area contributed by atoms with Crippen LogP contribution in [0.3, 0.4) is 0 Å². The van der Waals surface area contributed by atoms with Gasteiger partial charge in [-0.25, -0.2) is 4.39 Å². The van der Waals surface area contributed by atoms with E-state index in [9.17, 15) is 14.0 Å². The van der Waals surface area contributed by atoms with Crippen LogP contribution in [0.25, 0.3) is 0 Å². The zero-order chi connectivity index (χ0) is 22.5. The van der Waals surface area contributed by atoms with Crippen LogP contribution in [0.4, 0.5) is 4.39 Å². The predicted octanol–water partition coefficient (Wildman–Crippen LogP) is 3.69. The summed E-state index contributed by atoms with van der Waals surface area (Å²) >= 11 is 0. The van der Waals surface area contributed by atoms with Gasteiger partial charge in [0.25, 0.3) is 5.91 Å². The minimum absolute atomic E-state index is 0.0545. The molecular formula is C26H28FN3O2. The summed E-state index contributed by atoms with van der Waals surface area (Å²) in [6, 6.07) is 18.6. The second-order valence-electron chi connectivity index (χ2n) is 8.59. The monoisotopic (exact) mass is 433 g/mol. The molecule has 5 nitrogen and oxygen atoms in total. The number of aromatic amines is 1. The zero-order valence-corrected chi connectivity index (χ0v) is 18.2. The maximum absolute atomic E-state index is 13.1. The molecule has 6 heteroatoms. The van der Waals surface area contributed by atoms with Crippen molar-refractivity contribution in [2.24, 2.45) is 0 Å². The number of nitrogens with one attached hydrogen (secondary N) is 2. The van der Waals surface area contributed by atoms with E-state index in [4.69, 9.17) is 0 Å². The van der Waals surface area contributed by atoms with Gasteiger partial charge < -0.3 is 15.2 Å². The number of hydrogen-bond donors (Lipinski definition) is 2. The first-order chi connectivity index (χ1) is 15.5. The number of pyridine rings is 1. The number of carbonyl (C=O) groups is 1. The fourth-order valence-electron chi connectivity index (χ4n) is 4.30. The molecule has 1 amide bonds. The molecule has 1 aromatic heterocycles. The Kier molecular flexibility index (Phi) is 6.81. The van der Waals surface area contributed by atoms with Crippen LogP contribution in [0.15, 0.2) is 71.7 Å². The van der Waals surface area contributed by atoms with Gasteiger partial charge in [-0.15, -0.1) is 0 Å². The van der Waals surface area contributed by atoms with Crippen molar-refractivity contribution in [3.63, 3.8) is 0 Å². The lowest BCUT2D eigenvalue weighted by molar-refractivity contribution is 0.0785. The van der Waals surface area contributed by atoms with Gasteiger partial charge in [0.15, 0.2) is 0 Å². The normalized spacial score (nSPS) is 17.9. The molecule has 0 aliphatic carbocycles. The Labute approximate surface area is 187 Å². The second-order valence-corrected chi connectivity index (χ2v) is 8.59. The van der Waals surface area contributed by atoms with Gasteiger partial charge in [-0.3, -0.25) is 9.59 Å². The van der Waals surface area contributed by atoms with Gasteiger partial charge in [0.2, 0.25) is 5.56 Å². The van der Waals surface area contributed by atoms with Crippen LogP contribution in [-0.2, 0) is 19.4 Å². The molecular weight excluding hydrogens is 405 g/mol. The Morgan fingerprint density at radius 3 is 2.03 bits per heavy atom. The van der Waals surface area contributed by atoms with Crippen molar-refractivity contribution in [2.45, 2.75) is 44.3 Å². The summed E-state index contributed by atoms with van der Waals surface area (Å²) in [5, 5.41) is 3.70. The third-order valence-corrected chi connectivity index (χ3v) is 6.03. The maximum Gasteiger partial charge on any atom is 0.253 e. The summed E-state index contributed by atoms with van der Waals surface area (Å²) < 4.78 is 13.1. The lowest BCUT2D eigenvalue weighted by Gasteiger charge is -2.18. The number of carbonyl (C=O) groups excluding carboxylic acids is 1. The number of benzene rings is 2. The summed E-state index contributed by atoms with van der Waals surface area (Å²) in [6.45, 7) is 0.429. The number of hydrogen-bond acceptors (Lipinski definition) is 3. The van der Waals surface area contributed by atoms with Crippen molar-refractivity contribution in [1.82, 2.24) is 15.2 Å². The van der Waals surface area contributed by atoms with Crippen molar-refractivity contribution in [3.05, 3.63) is 105 Å². The number of aromatic nitrogens is 1. The first-order valence-electron chi connectivity index (χ1n) is 11.0. The Bertz CT molecular complexity index is 1090. The number of halogens is 1. The Balaban J connectivity index is 1.28. The van der Waals surface area contributed by atoms with Crippen LogP contribution in [0.2, 0.25) is 0 Å². The van der Waals surface area contributed by atoms with Crippen LogP contribution in [0.1, 0.15) is 39.9 Å². The van der Waals surface area contributed by atoms with E-state index in [-0.39, 0.29) is 17.3 Å². The largest absolute Gasteiger partial charge is 0.337 e. The Morgan fingerprint density at radius 2 is 1.47 bits per heavy atom. The van der Waals surface area contributed by atoms with Crippen LogP contribution in [0.5, 0.6) is 0 Å². The van der Waals surface area contributed by atoms with E-state index in [1.54, 1.807) is 24.2 Å². The third kappa shape index (κ3) is 5.71. The molecule has 32 heavy (non-hydrogen) atoms. The molecule has 0 saturated carbocycles. The molecule has 166 valence electrons. The number of nitrogens with zero attached hydrogens (tertiary/aromatic N) is 1. The van der Waals surface area contributed by atoms with Crippen LogP contribution in [-0.4, -0.2) is 34.9 Å². The molecule has 2 aromatic carbocycles. The number of rotatable bonds is 7. The van der Waals surface area contributed by atoms with Crippen molar-refractivity contribution in [1.29, 1.82) is 0 Å². The van der Waals surface area contributed by atoms with E-state index in [2.05, 4.69) is 10.3 Å².